The van der Waals surface area contributed by atoms with Crippen molar-refractivity contribution in [2.75, 3.05) is 7.11 Å². The highest BCUT2D eigenvalue weighted by Crippen LogP contribution is 2.43. The van der Waals surface area contributed by atoms with Gasteiger partial charge in [0.2, 0.25) is 0 Å². The maximum Gasteiger partial charge on any atom is 0.338 e. The molecule has 0 amide bonds. The molecule has 0 radical (unpaired) electrons. The third-order valence-corrected chi connectivity index (χ3v) is 8.27. The summed E-state index contributed by atoms with van der Waals surface area (Å²) in [6, 6.07) is 17.0. The highest BCUT2D eigenvalue weighted by Gasteiger charge is 2.27. The molecule has 35 heavy (non-hydrogen) atoms. The molecule has 0 aliphatic heterocycles. The summed E-state index contributed by atoms with van der Waals surface area (Å²) >= 11 is 1.62. The first-order valence-corrected chi connectivity index (χ1v) is 12.7. The molecule has 1 heterocycles. The van der Waals surface area contributed by atoms with E-state index in [4.69, 9.17) is 9.72 Å². The van der Waals surface area contributed by atoms with Crippen LogP contribution in [-0.4, -0.2) is 23.2 Å². The van der Waals surface area contributed by atoms with Gasteiger partial charge in [0, 0.05) is 11.1 Å². The molecule has 1 saturated carbocycles. The molecule has 0 spiro atoms. The van der Waals surface area contributed by atoms with Crippen molar-refractivity contribution in [2.45, 2.75) is 45.4 Å². The second-order valence-electron chi connectivity index (χ2n) is 10.1. The van der Waals surface area contributed by atoms with E-state index in [2.05, 4.69) is 38.1 Å². The molecule has 0 saturated heterocycles. The lowest BCUT2D eigenvalue weighted by Crippen LogP contribution is -2.20. The maximum atomic E-state index is 14.4. The largest absolute Gasteiger partial charge is 0.496 e. The number of fused-ring (bicyclic) bond motifs is 1. The number of hydrogen-bond acceptors (Lipinski definition) is 4. The zero-order valence-electron chi connectivity index (χ0n) is 20.1. The van der Waals surface area contributed by atoms with Crippen LogP contribution in [0, 0.1) is 11.2 Å². The van der Waals surface area contributed by atoms with Gasteiger partial charge in [-0.25, -0.2) is 14.2 Å². The van der Waals surface area contributed by atoms with Crippen molar-refractivity contribution in [3.8, 4) is 27.4 Å². The number of carboxylic acids is 1. The first kappa shape index (κ1) is 23.5. The van der Waals surface area contributed by atoms with Crippen molar-refractivity contribution in [1.82, 2.24) is 4.98 Å². The monoisotopic (exact) mass is 489 g/mol. The zero-order valence-corrected chi connectivity index (χ0v) is 20.9. The molecule has 1 fully saturated rings. The number of benzene rings is 3. The minimum absolute atomic E-state index is 0.306. The third kappa shape index (κ3) is 4.67. The van der Waals surface area contributed by atoms with Gasteiger partial charge in [-0.1, -0.05) is 44.2 Å². The van der Waals surface area contributed by atoms with Gasteiger partial charge in [0.15, 0.2) is 0 Å². The number of nitrogens with zero attached hydrogens (tertiary/aromatic N) is 1. The molecule has 1 aliphatic carbocycles. The zero-order chi connectivity index (χ0) is 24.7. The summed E-state index contributed by atoms with van der Waals surface area (Å²) in [4.78, 5) is 16.1. The minimum Gasteiger partial charge on any atom is -0.496 e. The van der Waals surface area contributed by atoms with Crippen molar-refractivity contribution >= 4 is 27.5 Å². The Labute approximate surface area is 208 Å². The van der Waals surface area contributed by atoms with E-state index in [0.29, 0.717) is 22.6 Å². The molecule has 5 rings (SSSR count). The van der Waals surface area contributed by atoms with Crippen LogP contribution < -0.4 is 4.74 Å². The normalized spacial score (nSPS) is 15.9. The number of thiazole rings is 1. The fourth-order valence-corrected chi connectivity index (χ4v) is 5.91. The molecule has 4 nitrogen and oxygen atoms in total. The number of aromatic carboxylic acids is 1. The number of aromatic nitrogens is 1. The van der Waals surface area contributed by atoms with Gasteiger partial charge in [0.1, 0.15) is 16.6 Å². The van der Waals surface area contributed by atoms with Crippen LogP contribution in [0.3, 0.4) is 0 Å². The number of halogens is 1. The Morgan fingerprint density at radius 2 is 1.74 bits per heavy atom. The smallest absolute Gasteiger partial charge is 0.338 e. The van der Waals surface area contributed by atoms with E-state index in [1.807, 2.05) is 18.2 Å². The van der Waals surface area contributed by atoms with Gasteiger partial charge in [-0.15, -0.1) is 11.3 Å². The Bertz CT molecular complexity index is 1400. The maximum absolute atomic E-state index is 14.4. The molecule has 0 bridgehead atoms. The number of rotatable bonds is 5. The molecule has 1 aliphatic rings. The molecule has 6 heteroatoms. The molecule has 1 N–H and O–H groups in total. The van der Waals surface area contributed by atoms with Gasteiger partial charge >= 0.3 is 5.97 Å². The van der Waals surface area contributed by atoms with E-state index >= 15 is 0 Å². The van der Waals surface area contributed by atoms with Gasteiger partial charge in [-0.2, -0.15) is 0 Å². The first-order chi connectivity index (χ1) is 16.7. The first-order valence-electron chi connectivity index (χ1n) is 11.9. The van der Waals surface area contributed by atoms with Crippen LogP contribution in [-0.2, 0) is 0 Å². The van der Waals surface area contributed by atoms with E-state index in [-0.39, 0.29) is 0 Å². The molecule has 0 unspecified atom stereocenters. The Hall–Kier alpha value is -3.25. The second kappa shape index (κ2) is 9.08. The van der Waals surface area contributed by atoms with Gasteiger partial charge in [0.05, 0.1) is 22.9 Å². The van der Waals surface area contributed by atoms with Crippen molar-refractivity contribution in [3.63, 3.8) is 0 Å². The Kier molecular flexibility index (Phi) is 6.09. The molecule has 4 aromatic rings. The van der Waals surface area contributed by atoms with Gasteiger partial charge < -0.3 is 9.84 Å². The number of hydrogen-bond donors (Lipinski definition) is 1. The third-order valence-electron chi connectivity index (χ3n) is 7.19. The average molecular weight is 490 g/mol. The highest BCUT2D eigenvalue weighted by molar-refractivity contribution is 7.21. The standard InChI is InChI=1S/C29H28FNO3S/c1-29(2)12-10-18(11-13-29)17-4-6-19(7-5-17)27-31-24-14-20(8-9-26(24)35-27)21-15-23(30)22(28(32)33)16-25(21)34-3/h4-9,14-16,18H,10-13H2,1-3H3,(H,32,33). The van der Waals surface area contributed by atoms with Crippen LogP contribution >= 0.6 is 11.3 Å². The van der Waals surface area contributed by atoms with Gasteiger partial charge in [0.25, 0.3) is 0 Å². The quantitative estimate of drug-likeness (QED) is 0.307. The Morgan fingerprint density at radius 3 is 2.40 bits per heavy atom. The van der Waals surface area contributed by atoms with Crippen molar-refractivity contribution in [1.29, 1.82) is 0 Å². The lowest BCUT2D eigenvalue weighted by molar-refractivity contribution is 0.0691. The number of carbonyl (C=O) groups is 1. The van der Waals surface area contributed by atoms with Crippen LogP contribution in [0.4, 0.5) is 4.39 Å². The summed E-state index contributed by atoms with van der Waals surface area (Å²) in [6.45, 7) is 4.73. The van der Waals surface area contributed by atoms with E-state index < -0.39 is 17.3 Å². The van der Waals surface area contributed by atoms with Gasteiger partial charge in [-0.3, -0.25) is 0 Å². The fraction of sp³-hybridized carbons (Fsp3) is 0.310. The van der Waals surface area contributed by atoms with E-state index in [1.165, 1.54) is 50.5 Å². The summed E-state index contributed by atoms with van der Waals surface area (Å²) in [7, 11) is 1.44. The Morgan fingerprint density at radius 1 is 1.06 bits per heavy atom. The molecule has 1 aromatic heterocycles. The van der Waals surface area contributed by atoms with E-state index in [0.717, 1.165) is 26.4 Å². The van der Waals surface area contributed by atoms with Crippen LogP contribution in [0.25, 0.3) is 31.9 Å². The molecule has 3 aromatic carbocycles. The predicted molar refractivity (Wildman–Crippen MR) is 139 cm³/mol. The van der Waals surface area contributed by atoms with Crippen LogP contribution in [0.2, 0.25) is 0 Å². The molecular formula is C29H28FNO3S. The van der Waals surface area contributed by atoms with Crippen molar-refractivity contribution < 1.29 is 19.0 Å². The number of methoxy groups -OCH3 is 1. The lowest BCUT2D eigenvalue weighted by atomic mass is 9.71. The fourth-order valence-electron chi connectivity index (χ4n) is 4.96. The summed E-state index contributed by atoms with van der Waals surface area (Å²) < 4.78 is 20.8. The number of carboxylic acid groups (broad SMARTS) is 1. The average Bonchev–Trinajstić information content (AvgIpc) is 3.27. The van der Waals surface area contributed by atoms with Crippen LogP contribution in [0.1, 0.15) is 61.4 Å². The minimum atomic E-state index is -1.33. The second-order valence-corrected chi connectivity index (χ2v) is 11.1. The summed E-state index contributed by atoms with van der Waals surface area (Å²) in [5.74, 6) is -1.18. The molecular weight excluding hydrogens is 461 g/mol. The van der Waals surface area contributed by atoms with Crippen LogP contribution in [0.5, 0.6) is 5.75 Å². The van der Waals surface area contributed by atoms with E-state index in [1.54, 1.807) is 11.3 Å². The SMILES string of the molecule is COc1cc(C(=O)O)c(F)cc1-c1ccc2sc(-c3ccc(C4CCC(C)(C)CC4)cc3)nc2c1. The number of ether oxygens (including phenoxy) is 1. The topological polar surface area (TPSA) is 59.4 Å². The van der Waals surface area contributed by atoms with Gasteiger partial charge in [-0.05, 0) is 72.4 Å². The lowest BCUT2D eigenvalue weighted by Gasteiger charge is -2.34. The van der Waals surface area contributed by atoms with Crippen molar-refractivity contribution in [3.05, 3.63) is 71.5 Å². The molecule has 180 valence electrons. The van der Waals surface area contributed by atoms with E-state index in [9.17, 15) is 14.3 Å². The predicted octanol–water partition coefficient (Wildman–Crippen LogP) is 8.16. The summed E-state index contributed by atoms with van der Waals surface area (Å²) in [5, 5.41) is 10.1. The van der Waals surface area contributed by atoms with Crippen molar-refractivity contribution in [2.24, 2.45) is 5.41 Å². The summed E-state index contributed by atoms with van der Waals surface area (Å²) in [5.41, 5.74) is 4.57. The summed E-state index contributed by atoms with van der Waals surface area (Å²) in [6.07, 6.45) is 5.03. The van der Waals surface area contributed by atoms with Crippen LogP contribution in [0.15, 0.2) is 54.6 Å². The molecule has 0 atom stereocenters. The Balaban J connectivity index is 1.43. The highest BCUT2D eigenvalue weighted by atomic mass is 32.1.